The first-order chi connectivity index (χ1) is 8.25. The van der Waals surface area contributed by atoms with Crippen molar-refractivity contribution in [2.75, 3.05) is 13.6 Å². The summed E-state index contributed by atoms with van der Waals surface area (Å²) in [7, 11) is 1.66. The maximum Gasteiger partial charge on any atom is 0.326 e. The van der Waals surface area contributed by atoms with Crippen molar-refractivity contribution in [3.05, 3.63) is 0 Å². The van der Waals surface area contributed by atoms with Gasteiger partial charge in [-0.05, 0) is 12.8 Å². The van der Waals surface area contributed by atoms with Crippen LogP contribution in [0.1, 0.15) is 27.2 Å². The molecule has 3 atom stereocenters. The number of carboxylic acid groups (broad SMARTS) is 1. The molecule has 104 valence electrons. The maximum absolute atomic E-state index is 12.2. The number of aliphatic carboxylic acids is 1. The molecule has 2 amide bonds. The summed E-state index contributed by atoms with van der Waals surface area (Å²) in [6, 6.07) is -1.24. The number of carbonyl (C=O) groups is 2. The van der Waals surface area contributed by atoms with Crippen molar-refractivity contribution in [2.24, 2.45) is 5.92 Å². The highest BCUT2D eigenvalue weighted by Gasteiger charge is 2.40. The van der Waals surface area contributed by atoms with Crippen molar-refractivity contribution in [3.8, 4) is 0 Å². The van der Waals surface area contributed by atoms with Gasteiger partial charge in [0.05, 0.1) is 6.10 Å². The van der Waals surface area contributed by atoms with E-state index in [4.69, 9.17) is 5.11 Å². The molecular weight excluding hydrogens is 236 g/mol. The van der Waals surface area contributed by atoms with E-state index in [2.05, 4.69) is 0 Å². The van der Waals surface area contributed by atoms with Crippen LogP contribution in [-0.4, -0.2) is 63.8 Å². The van der Waals surface area contributed by atoms with Gasteiger partial charge in [-0.1, -0.05) is 13.8 Å². The molecule has 0 aliphatic carbocycles. The third kappa shape index (κ3) is 2.93. The van der Waals surface area contributed by atoms with E-state index in [0.29, 0.717) is 0 Å². The number of aliphatic hydroxyl groups is 1. The number of urea groups is 1. The molecule has 1 aliphatic heterocycles. The zero-order valence-corrected chi connectivity index (χ0v) is 11.3. The van der Waals surface area contributed by atoms with Crippen molar-refractivity contribution in [1.29, 1.82) is 0 Å². The average Bonchev–Trinajstić information content (AvgIpc) is 2.68. The molecule has 2 N–H and O–H groups in total. The number of hydrogen-bond donors (Lipinski definition) is 2. The van der Waals surface area contributed by atoms with Gasteiger partial charge in [0.25, 0.3) is 0 Å². The second kappa shape index (κ2) is 5.56. The van der Waals surface area contributed by atoms with Crippen LogP contribution < -0.4 is 0 Å². The number of rotatable bonds is 3. The number of nitrogens with zero attached hydrogens (tertiary/aromatic N) is 2. The number of amides is 2. The highest BCUT2D eigenvalue weighted by molar-refractivity contribution is 5.83. The minimum Gasteiger partial charge on any atom is -0.480 e. The number of carboxylic acids is 1. The average molecular weight is 258 g/mol. The molecule has 1 unspecified atom stereocenters. The lowest BCUT2D eigenvalue weighted by Gasteiger charge is -2.33. The summed E-state index contributed by atoms with van der Waals surface area (Å²) < 4.78 is 0. The predicted octanol–water partition coefficient (Wildman–Crippen LogP) is 0.603. The van der Waals surface area contributed by atoms with Crippen LogP contribution in [-0.2, 0) is 4.79 Å². The van der Waals surface area contributed by atoms with Gasteiger partial charge >= 0.3 is 12.0 Å². The third-order valence-corrected chi connectivity index (χ3v) is 3.69. The SMILES string of the molecule is CC(C)C(C)N(C)C(=O)N1C[C@H](O)C[C@H]1C(=O)O. The lowest BCUT2D eigenvalue weighted by molar-refractivity contribution is -0.141. The summed E-state index contributed by atoms with van der Waals surface area (Å²) in [5.41, 5.74) is 0. The summed E-state index contributed by atoms with van der Waals surface area (Å²) in [5.74, 6) is -0.778. The fourth-order valence-corrected chi connectivity index (χ4v) is 2.08. The summed E-state index contributed by atoms with van der Waals surface area (Å²) in [6.45, 7) is 6.01. The van der Waals surface area contributed by atoms with Crippen LogP contribution >= 0.6 is 0 Å². The minimum absolute atomic E-state index is 0.0182. The Kier molecular flexibility index (Phi) is 4.56. The standard InChI is InChI=1S/C12H22N2O4/c1-7(2)8(3)13(4)12(18)14-6-9(15)5-10(14)11(16)17/h7-10,15H,5-6H2,1-4H3,(H,16,17)/t8?,9-,10+/m1/s1. The Bertz CT molecular complexity index is 332. The molecule has 0 saturated carbocycles. The van der Waals surface area contributed by atoms with Gasteiger partial charge in [0, 0.05) is 26.1 Å². The summed E-state index contributed by atoms with van der Waals surface area (Å²) in [6.07, 6.45) is -0.650. The molecule has 6 nitrogen and oxygen atoms in total. The zero-order valence-electron chi connectivity index (χ0n) is 11.3. The monoisotopic (exact) mass is 258 g/mol. The molecule has 6 heteroatoms. The van der Waals surface area contributed by atoms with Crippen molar-refractivity contribution in [1.82, 2.24) is 9.80 Å². The minimum atomic E-state index is -1.06. The molecule has 0 bridgehead atoms. The van der Waals surface area contributed by atoms with Gasteiger partial charge in [-0.3, -0.25) is 0 Å². The quantitative estimate of drug-likeness (QED) is 0.777. The highest BCUT2D eigenvalue weighted by atomic mass is 16.4. The van der Waals surface area contributed by atoms with Gasteiger partial charge in [0.15, 0.2) is 0 Å². The fraction of sp³-hybridized carbons (Fsp3) is 0.833. The van der Waals surface area contributed by atoms with Gasteiger partial charge < -0.3 is 20.0 Å². The molecule has 1 rings (SSSR count). The van der Waals surface area contributed by atoms with Crippen LogP contribution in [0.2, 0.25) is 0 Å². The number of carbonyl (C=O) groups excluding carboxylic acids is 1. The molecule has 1 fully saturated rings. The van der Waals surface area contributed by atoms with Gasteiger partial charge in [0.1, 0.15) is 6.04 Å². The Balaban J connectivity index is 2.79. The Labute approximate surface area is 107 Å². The van der Waals surface area contributed by atoms with Crippen molar-refractivity contribution in [2.45, 2.75) is 45.4 Å². The van der Waals surface area contributed by atoms with Crippen molar-refractivity contribution in [3.63, 3.8) is 0 Å². The number of likely N-dealkylation sites (tertiary alicyclic amines) is 1. The molecule has 1 saturated heterocycles. The van der Waals surface area contributed by atoms with Crippen LogP contribution in [0.5, 0.6) is 0 Å². The first-order valence-electron chi connectivity index (χ1n) is 6.20. The molecule has 0 radical (unpaired) electrons. The van der Waals surface area contributed by atoms with E-state index in [9.17, 15) is 14.7 Å². The summed E-state index contributed by atoms with van der Waals surface area (Å²) in [5, 5.41) is 18.6. The van der Waals surface area contributed by atoms with E-state index in [-0.39, 0.29) is 31.0 Å². The van der Waals surface area contributed by atoms with E-state index < -0.39 is 18.1 Å². The number of aliphatic hydroxyl groups excluding tert-OH is 1. The fourth-order valence-electron chi connectivity index (χ4n) is 2.08. The van der Waals surface area contributed by atoms with Crippen LogP contribution in [0, 0.1) is 5.92 Å². The molecular formula is C12H22N2O4. The maximum atomic E-state index is 12.2. The van der Waals surface area contributed by atoms with Crippen LogP contribution in [0.15, 0.2) is 0 Å². The van der Waals surface area contributed by atoms with Gasteiger partial charge in [-0.2, -0.15) is 0 Å². The van der Waals surface area contributed by atoms with E-state index >= 15 is 0 Å². The van der Waals surface area contributed by atoms with E-state index in [0.717, 1.165) is 0 Å². The molecule has 1 aliphatic rings. The van der Waals surface area contributed by atoms with Gasteiger partial charge in [-0.15, -0.1) is 0 Å². The molecule has 0 spiro atoms. The Morgan fingerprint density at radius 3 is 2.33 bits per heavy atom. The molecule has 0 aromatic rings. The van der Waals surface area contributed by atoms with Gasteiger partial charge in [0.2, 0.25) is 0 Å². The summed E-state index contributed by atoms with van der Waals surface area (Å²) in [4.78, 5) is 26.1. The molecule has 0 aromatic heterocycles. The second-order valence-corrected chi connectivity index (χ2v) is 5.27. The highest BCUT2D eigenvalue weighted by Crippen LogP contribution is 2.21. The normalized spacial score (nSPS) is 25.3. The summed E-state index contributed by atoms with van der Waals surface area (Å²) >= 11 is 0. The Morgan fingerprint density at radius 2 is 1.89 bits per heavy atom. The van der Waals surface area contributed by atoms with Crippen molar-refractivity contribution >= 4 is 12.0 Å². The molecule has 1 heterocycles. The van der Waals surface area contributed by atoms with E-state index in [1.165, 1.54) is 4.90 Å². The lowest BCUT2D eigenvalue weighted by Crippen LogP contribution is -2.50. The second-order valence-electron chi connectivity index (χ2n) is 5.27. The Hall–Kier alpha value is -1.30. The lowest BCUT2D eigenvalue weighted by atomic mass is 10.1. The van der Waals surface area contributed by atoms with Gasteiger partial charge in [-0.25, -0.2) is 9.59 Å². The largest absolute Gasteiger partial charge is 0.480 e. The first kappa shape index (κ1) is 14.8. The van der Waals surface area contributed by atoms with Crippen LogP contribution in [0.25, 0.3) is 0 Å². The van der Waals surface area contributed by atoms with E-state index in [1.54, 1.807) is 11.9 Å². The van der Waals surface area contributed by atoms with E-state index in [1.807, 2.05) is 20.8 Å². The zero-order chi connectivity index (χ0) is 14.0. The third-order valence-electron chi connectivity index (χ3n) is 3.69. The predicted molar refractivity (Wildman–Crippen MR) is 66.2 cm³/mol. The molecule has 18 heavy (non-hydrogen) atoms. The van der Waals surface area contributed by atoms with Crippen molar-refractivity contribution < 1.29 is 19.8 Å². The number of β-amino-alcohol motifs (C(OH)–C–C–N with tert-alkyl or cyclic N) is 1. The number of hydrogen-bond acceptors (Lipinski definition) is 3. The Morgan fingerprint density at radius 1 is 1.33 bits per heavy atom. The first-order valence-corrected chi connectivity index (χ1v) is 6.20. The van der Waals surface area contributed by atoms with Crippen LogP contribution in [0.3, 0.4) is 0 Å². The smallest absolute Gasteiger partial charge is 0.326 e. The van der Waals surface area contributed by atoms with Crippen LogP contribution in [0.4, 0.5) is 4.79 Å². The topological polar surface area (TPSA) is 81.1 Å². The molecule has 0 aromatic carbocycles.